The summed E-state index contributed by atoms with van der Waals surface area (Å²) in [5.41, 5.74) is -0.617. The second kappa shape index (κ2) is 7.00. The summed E-state index contributed by atoms with van der Waals surface area (Å²) in [7, 11) is 0. The molecule has 25 heavy (non-hydrogen) atoms. The average molecular weight is 359 g/mol. The minimum Gasteiger partial charge on any atom is -0.322 e. The van der Waals surface area contributed by atoms with Crippen LogP contribution in [0.2, 0.25) is 0 Å². The van der Waals surface area contributed by atoms with Crippen molar-refractivity contribution in [2.24, 2.45) is 0 Å². The number of allylic oxidation sites excluding steroid dienone is 1. The third-order valence-corrected chi connectivity index (χ3v) is 3.09. The van der Waals surface area contributed by atoms with Crippen LogP contribution in [0.1, 0.15) is 21.5 Å². The number of carbonyl (C=O) groups excluding carboxylic acids is 1. The van der Waals surface area contributed by atoms with Crippen LogP contribution in [-0.2, 0) is 6.18 Å². The normalized spacial score (nSPS) is 12.4. The molecule has 0 aliphatic carbocycles. The number of alkyl halides is 6. The summed E-state index contributed by atoms with van der Waals surface area (Å²) in [4.78, 5) is 12.0. The number of carbonyl (C=O) groups is 1. The highest BCUT2D eigenvalue weighted by molar-refractivity contribution is 6.04. The molecule has 2 aromatic rings. The highest BCUT2D eigenvalue weighted by atomic mass is 19.4. The summed E-state index contributed by atoms with van der Waals surface area (Å²) in [6.45, 7) is 0. The standard InChI is InChI=1S/C17H11F6NO/c18-16(19,20)9-8-11-4-6-12(7-5-11)15(25)24-14-3-1-2-13(10-14)17(21,22)23/h1-10H,(H,24,25)/b9-8+. The summed E-state index contributed by atoms with van der Waals surface area (Å²) in [6, 6.07) is 9.26. The van der Waals surface area contributed by atoms with Crippen LogP contribution in [0.3, 0.4) is 0 Å². The highest BCUT2D eigenvalue weighted by Gasteiger charge is 2.30. The molecule has 8 heteroatoms. The maximum absolute atomic E-state index is 12.6. The smallest absolute Gasteiger partial charge is 0.322 e. The monoisotopic (exact) mass is 359 g/mol. The van der Waals surface area contributed by atoms with Gasteiger partial charge in [-0.3, -0.25) is 4.79 Å². The number of hydrogen-bond donors (Lipinski definition) is 1. The topological polar surface area (TPSA) is 29.1 Å². The highest BCUT2D eigenvalue weighted by Crippen LogP contribution is 2.30. The number of hydrogen-bond acceptors (Lipinski definition) is 1. The van der Waals surface area contributed by atoms with Gasteiger partial charge in [-0.05, 0) is 35.9 Å². The van der Waals surface area contributed by atoms with Crippen molar-refractivity contribution in [1.29, 1.82) is 0 Å². The first kappa shape index (κ1) is 18.6. The Labute approximate surface area is 138 Å². The molecule has 0 heterocycles. The van der Waals surface area contributed by atoms with E-state index in [0.29, 0.717) is 0 Å². The number of halogens is 6. The predicted molar refractivity (Wildman–Crippen MR) is 80.9 cm³/mol. The number of rotatable bonds is 3. The fraction of sp³-hybridized carbons (Fsp3) is 0.118. The van der Waals surface area contributed by atoms with Crippen LogP contribution in [-0.4, -0.2) is 12.1 Å². The van der Waals surface area contributed by atoms with Crippen molar-refractivity contribution >= 4 is 17.7 Å². The Morgan fingerprint density at radius 1 is 0.920 bits per heavy atom. The van der Waals surface area contributed by atoms with Crippen LogP contribution >= 0.6 is 0 Å². The predicted octanol–water partition coefficient (Wildman–Crippen LogP) is 5.53. The molecular weight excluding hydrogens is 348 g/mol. The van der Waals surface area contributed by atoms with Crippen LogP contribution in [0.25, 0.3) is 6.08 Å². The van der Waals surface area contributed by atoms with E-state index in [0.717, 1.165) is 24.3 Å². The van der Waals surface area contributed by atoms with Gasteiger partial charge in [-0.15, -0.1) is 0 Å². The Balaban J connectivity index is 2.10. The van der Waals surface area contributed by atoms with Gasteiger partial charge in [0.2, 0.25) is 0 Å². The minimum atomic E-state index is -4.53. The van der Waals surface area contributed by atoms with Crippen molar-refractivity contribution in [2.75, 3.05) is 5.32 Å². The van der Waals surface area contributed by atoms with Gasteiger partial charge in [-0.25, -0.2) is 0 Å². The molecule has 2 nitrogen and oxygen atoms in total. The van der Waals surface area contributed by atoms with E-state index in [1.165, 1.54) is 30.3 Å². The van der Waals surface area contributed by atoms with Crippen molar-refractivity contribution in [3.8, 4) is 0 Å². The molecular formula is C17H11F6NO. The molecule has 1 amide bonds. The van der Waals surface area contributed by atoms with Gasteiger partial charge in [-0.2, -0.15) is 26.3 Å². The van der Waals surface area contributed by atoms with Crippen LogP contribution in [0, 0.1) is 0 Å². The second-order valence-corrected chi connectivity index (χ2v) is 5.03. The summed E-state index contributed by atoms with van der Waals surface area (Å²) < 4.78 is 74.1. The van der Waals surface area contributed by atoms with Gasteiger partial charge in [0.25, 0.3) is 5.91 Å². The Kier molecular flexibility index (Phi) is 5.20. The van der Waals surface area contributed by atoms with Crippen molar-refractivity contribution in [2.45, 2.75) is 12.4 Å². The SMILES string of the molecule is O=C(Nc1cccc(C(F)(F)F)c1)c1ccc(/C=C/C(F)(F)F)cc1. The van der Waals surface area contributed by atoms with E-state index in [2.05, 4.69) is 5.32 Å². The lowest BCUT2D eigenvalue weighted by Gasteiger charge is -2.10. The van der Waals surface area contributed by atoms with Crippen LogP contribution in [0.4, 0.5) is 32.0 Å². The number of nitrogens with one attached hydrogen (secondary N) is 1. The number of anilines is 1. The van der Waals surface area contributed by atoms with Gasteiger partial charge in [0.05, 0.1) is 5.56 Å². The molecule has 0 saturated heterocycles. The lowest BCUT2D eigenvalue weighted by molar-refractivity contribution is -0.137. The van der Waals surface area contributed by atoms with E-state index in [1.807, 2.05) is 0 Å². The third kappa shape index (κ3) is 5.66. The summed E-state index contributed by atoms with van der Waals surface area (Å²) in [5.74, 6) is -0.675. The fourth-order valence-electron chi connectivity index (χ4n) is 1.91. The van der Waals surface area contributed by atoms with Gasteiger partial charge in [0.1, 0.15) is 0 Å². The van der Waals surface area contributed by atoms with Crippen molar-refractivity contribution < 1.29 is 31.1 Å². The molecule has 2 rings (SSSR count). The first-order valence-electron chi connectivity index (χ1n) is 6.89. The molecule has 0 aliphatic heterocycles. The third-order valence-electron chi connectivity index (χ3n) is 3.09. The molecule has 0 saturated carbocycles. The summed E-state index contributed by atoms with van der Waals surface area (Å²) >= 11 is 0. The molecule has 0 aliphatic rings. The number of benzene rings is 2. The Bertz CT molecular complexity index is 775. The molecule has 0 fully saturated rings. The first-order chi connectivity index (χ1) is 11.5. The largest absolute Gasteiger partial charge is 0.416 e. The van der Waals surface area contributed by atoms with E-state index in [1.54, 1.807) is 0 Å². The van der Waals surface area contributed by atoms with Crippen LogP contribution in [0.5, 0.6) is 0 Å². The molecule has 0 bridgehead atoms. The average Bonchev–Trinajstić information content (AvgIpc) is 2.52. The zero-order chi connectivity index (χ0) is 18.7. The van der Waals surface area contributed by atoms with E-state index >= 15 is 0 Å². The van der Waals surface area contributed by atoms with E-state index in [4.69, 9.17) is 0 Å². The molecule has 0 spiro atoms. The lowest BCUT2D eigenvalue weighted by Crippen LogP contribution is -2.13. The van der Waals surface area contributed by atoms with Crippen molar-refractivity contribution in [3.63, 3.8) is 0 Å². The van der Waals surface area contributed by atoms with E-state index < -0.39 is 23.8 Å². The molecule has 1 N–H and O–H groups in total. The second-order valence-electron chi connectivity index (χ2n) is 5.03. The molecule has 2 aromatic carbocycles. The van der Waals surface area contributed by atoms with Crippen LogP contribution < -0.4 is 5.32 Å². The van der Waals surface area contributed by atoms with E-state index in [-0.39, 0.29) is 22.9 Å². The summed E-state index contributed by atoms with van der Waals surface area (Å²) in [6.07, 6.45) is -8.08. The van der Waals surface area contributed by atoms with Crippen molar-refractivity contribution in [1.82, 2.24) is 0 Å². The molecule has 0 unspecified atom stereocenters. The zero-order valence-corrected chi connectivity index (χ0v) is 12.4. The van der Waals surface area contributed by atoms with Gasteiger partial charge in [0, 0.05) is 17.3 Å². The molecule has 0 aromatic heterocycles. The minimum absolute atomic E-state index is 0.0409. The Morgan fingerprint density at radius 3 is 2.12 bits per heavy atom. The zero-order valence-electron chi connectivity index (χ0n) is 12.4. The Hall–Kier alpha value is -2.77. The van der Waals surface area contributed by atoms with Crippen LogP contribution in [0.15, 0.2) is 54.6 Å². The first-order valence-corrected chi connectivity index (χ1v) is 6.89. The maximum atomic E-state index is 12.6. The molecule has 132 valence electrons. The molecule has 0 atom stereocenters. The van der Waals surface area contributed by atoms with Gasteiger partial charge < -0.3 is 5.32 Å². The molecule has 0 radical (unpaired) electrons. The van der Waals surface area contributed by atoms with Gasteiger partial charge in [-0.1, -0.05) is 24.3 Å². The van der Waals surface area contributed by atoms with E-state index in [9.17, 15) is 31.1 Å². The maximum Gasteiger partial charge on any atom is 0.416 e. The fourth-order valence-corrected chi connectivity index (χ4v) is 1.91. The lowest BCUT2D eigenvalue weighted by atomic mass is 10.1. The van der Waals surface area contributed by atoms with Gasteiger partial charge in [0.15, 0.2) is 0 Å². The Morgan fingerprint density at radius 2 is 1.56 bits per heavy atom. The summed E-state index contributed by atoms with van der Waals surface area (Å²) in [5, 5.41) is 2.31. The number of amides is 1. The van der Waals surface area contributed by atoms with Gasteiger partial charge >= 0.3 is 12.4 Å². The van der Waals surface area contributed by atoms with Crippen molar-refractivity contribution in [3.05, 3.63) is 71.3 Å². The quantitative estimate of drug-likeness (QED) is 0.717.